The van der Waals surface area contributed by atoms with E-state index in [1.807, 2.05) is 81.8 Å². The van der Waals surface area contributed by atoms with Crippen molar-refractivity contribution in [3.8, 4) is 5.88 Å². The molecular weight excluding hydrogens is 1120 g/mol. The Balaban J connectivity index is 0.000000327. The summed E-state index contributed by atoms with van der Waals surface area (Å²) in [4.78, 5) is 57.2. The number of pyridine rings is 1. The average Bonchev–Trinajstić information content (AvgIpc) is 3.68. The number of halogens is 2. The molecule has 0 aliphatic rings. The van der Waals surface area contributed by atoms with E-state index >= 15 is 0 Å². The van der Waals surface area contributed by atoms with Crippen LogP contribution in [0.5, 0.6) is 5.88 Å². The Morgan fingerprint density at radius 3 is 2.01 bits per heavy atom. The summed E-state index contributed by atoms with van der Waals surface area (Å²) in [7, 11) is 5.73. The van der Waals surface area contributed by atoms with Crippen LogP contribution in [0.1, 0.15) is 66.2 Å². The molecule has 0 radical (unpaired) electrons. The first-order valence-electron chi connectivity index (χ1n) is 25.8. The standard InChI is InChI=1S/C32H31BrN2O2.C10H24N2O2.C9H16ClN3O7.C5H5N3O/c1-35(2)19-18-32(36,28-15-9-13-22-10-7-8-14-26(22)28)30(23-11-5-4-6-12-23)27-21-24-20-25(33)16-17-29(24)34-31(27)37-3;1-3-9(7-13)11-5-6-12-10(4-2)8-14;10-1-2-13(12-20)9(19)11-5(3-14)7(17)8(18)6(16)4-15;6-5(9)4-3-7-1-2-8-4/h4-17,20-21,30,36H,18-19H2,1-3H3;9-14H,3-8H2,1-2H3;3,5-8,15-18H,1-2,4H2,(H,11,19);1-3H,(H2,6,9)/t30-,32-;9-,10-;5-,6+,7+,8+;/m100./s1. The lowest BCUT2D eigenvalue weighted by molar-refractivity contribution is -0.119. The maximum Gasteiger partial charge on any atom is 0.341 e. The number of amides is 3. The molecule has 0 spiro atoms. The van der Waals surface area contributed by atoms with Gasteiger partial charge in [-0.15, -0.1) is 16.5 Å². The largest absolute Gasteiger partial charge is 0.481 e. The molecule has 80 heavy (non-hydrogen) atoms. The van der Waals surface area contributed by atoms with Crippen LogP contribution in [0.25, 0.3) is 21.7 Å². The Hall–Kier alpha value is -6.19. The molecule has 436 valence electrons. The fourth-order valence-electron chi connectivity index (χ4n) is 8.19. The van der Waals surface area contributed by atoms with Crippen LogP contribution in [0.4, 0.5) is 4.79 Å². The average molecular weight is 1200 g/mol. The van der Waals surface area contributed by atoms with E-state index in [9.17, 15) is 34.6 Å². The number of fused-ring (bicyclic) bond motifs is 2. The molecule has 0 aliphatic heterocycles. The Labute approximate surface area is 479 Å². The molecule has 8 atom stereocenters. The van der Waals surface area contributed by atoms with Crippen LogP contribution in [0.2, 0.25) is 0 Å². The molecule has 3 amide bonds. The minimum absolute atomic E-state index is 0.0840. The number of primary amides is 1. The quantitative estimate of drug-likeness (QED) is 0.0114. The number of aldehydes is 1. The van der Waals surface area contributed by atoms with Gasteiger partial charge in [-0.25, -0.2) is 14.8 Å². The zero-order valence-electron chi connectivity index (χ0n) is 45.6. The monoisotopic (exact) mass is 1190 g/mol. The SMILES string of the molecule is CC[C@@H](CO)NCCN[C@@H](CC)CO.COc1nc2ccc(Br)cc2cc1[C@@H](c1ccccc1)[C@@](O)(CCN(C)C)c1cccc2ccccc12.NC(=O)c1cnccn1.O=C[C@H](NC(=O)N(CCCl)N=O)[C@@H](O)[C@H](O)[C@H](O)CO. The normalized spacial score (nSPS) is 14.4. The Kier molecular flexibility index (Phi) is 30.8. The van der Waals surface area contributed by atoms with Gasteiger partial charge in [0, 0.05) is 71.3 Å². The van der Waals surface area contributed by atoms with Crippen LogP contribution in [0.3, 0.4) is 0 Å². The van der Waals surface area contributed by atoms with Gasteiger partial charge in [0.2, 0.25) is 5.88 Å². The number of nitrogens with one attached hydrogen (secondary N) is 3. The van der Waals surface area contributed by atoms with Crippen molar-refractivity contribution in [3.63, 3.8) is 0 Å². The van der Waals surface area contributed by atoms with Crippen molar-refractivity contribution in [2.45, 2.75) is 81.1 Å². The minimum Gasteiger partial charge on any atom is -0.481 e. The predicted octanol–water partition coefficient (Wildman–Crippen LogP) is 3.97. The Morgan fingerprint density at radius 2 is 1.49 bits per heavy atom. The molecule has 0 saturated carbocycles. The summed E-state index contributed by atoms with van der Waals surface area (Å²) in [5, 5.41) is 81.8. The number of methoxy groups -OCH3 is 1. The van der Waals surface area contributed by atoms with Crippen LogP contribution in [-0.2, 0) is 10.4 Å². The second kappa shape index (κ2) is 36.2. The number of carbonyl (C=O) groups excluding carboxylic acids is 3. The van der Waals surface area contributed by atoms with Gasteiger partial charge in [-0.05, 0) is 79.5 Å². The number of nitrogens with two attached hydrogens (primary N) is 1. The summed E-state index contributed by atoms with van der Waals surface area (Å²) in [6.45, 7) is 5.75. The van der Waals surface area contributed by atoms with Crippen molar-refractivity contribution in [3.05, 3.63) is 147 Å². The fraction of sp³-hybridized carbons (Fsp3) is 0.429. The number of alkyl halides is 1. The van der Waals surface area contributed by atoms with E-state index < -0.39 is 54.4 Å². The maximum atomic E-state index is 13.0. The van der Waals surface area contributed by atoms with Gasteiger partial charge >= 0.3 is 6.03 Å². The van der Waals surface area contributed by atoms with Crippen molar-refractivity contribution in [1.82, 2.24) is 40.8 Å². The first-order chi connectivity index (χ1) is 38.4. The molecule has 0 saturated heterocycles. The van der Waals surface area contributed by atoms with Crippen molar-refractivity contribution >= 4 is 67.4 Å². The molecule has 24 heteroatoms. The van der Waals surface area contributed by atoms with Gasteiger partial charge < -0.3 is 71.9 Å². The van der Waals surface area contributed by atoms with Gasteiger partial charge in [-0.1, -0.05) is 103 Å². The van der Waals surface area contributed by atoms with Crippen LogP contribution < -0.4 is 26.4 Å². The molecule has 0 aliphatic carbocycles. The number of nitrogens with zero attached hydrogens (tertiary/aromatic N) is 6. The fourth-order valence-corrected chi connectivity index (χ4v) is 8.72. The second-order valence-electron chi connectivity index (χ2n) is 18.4. The van der Waals surface area contributed by atoms with Crippen molar-refractivity contribution in [2.24, 2.45) is 11.0 Å². The summed E-state index contributed by atoms with van der Waals surface area (Å²) >= 11 is 8.93. The number of hydrogen-bond acceptors (Lipinski definition) is 19. The van der Waals surface area contributed by atoms with E-state index in [4.69, 9.17) is 47.5 Å². The molecule has 2 aromatic heterocycles. The van der Waals surface area contributed by atoms with Gasteiger partial charge in [0.05, 0.1) is 50.5 Å². The number of carbonyl (C=O) groups is 3. The van der Waals surface area contributed by atoms with E-state index in [2.05, 4.69) is 95.2 Å². The van der Waals surface area contributed by atoms with Crippen LogP contribution in [-0.4, -0.2) is 188 Å². The highest BCUT2D eigenvalue weighted by molar-refractivity contribution is 9.10. The number of aliphatic hydroxyl groups is 7. The van der Waals surface area contributed by atoms with E-state index in [1.54, 1.807) is 7.11 Å². The highest BCUT2D eigenvalue weighted by atomic mass is 79.9. The first kappa shape index (κ1) is 68.1. The van der Waals surface area contributed by atoms with Gasteiger partial charge in [0.25, 0.3) is 5.91 Å². The van der Waals surface area contributed by atoms with Gasteiger partial charge in [-0.2, -0.15) is 5.01 Å². The highest BCUT2D eigenvalue weighted by Crippen LogP contribution is 2.49. The number of urea groups is 1. The number of aromatic nitrogens is 3. The summed E-state index contributed by atoms with van der Waals surface area (Å²) in [6, 6.07) is 30.5. The molecule has 6 rings (SSSR count). The summed E-state index contributed by atoms with van der Waals surface area (Å²) in [6.07, 6.45) is 1.25. The third kappa shape index (κ3) is 20.7. The summed E-state index contributed by atoms with van der Waals surface area (Å²) in [5.74, 6) is -0.542. The van der Waals surface area contributed by atoms with Crippen LogP contribution >= 0.6 is 27.5 Å². The Bertz CT molecular complexity index is 2750. The van der Waals surface area contributed by atoms with E-state index in [1.165, 1.54) is 18.6 Å². The molecule has 2 heterocycles. The van der Waals surface area contributed by atoms with E-state index in [0.717, 1.165) is 68.8 Å². The van der Waals surface area contributed by atoms with Crippen molar-refractivity contribution in [2.75, 3.05) is 73.1 Å². The molecule has 4 aromatic carbocycles. The molecule has 6 aromatic rings. The molecule has 0 unspecified atom stereocenters. The van der Waals surface area contributed by atoms with Crippen LogP contribution in [0.15, 0.2) is 125 Å². The molecule has 0 fully saturated rings. The van der Waals surface area contributed by atoms with E-state index in [0.29, 0.717) is 23.9 Å². The lowest BCUT2D eigenvalue weighted by Crippen LogP contribution is -2.55. The number of ether oxygens (including phenoxy) is 1. The Morgan fingerprint density at radius 1 is 0.850 bits per heavy atom. The number of benzene rings is 4. The van der Waals surface area contributed by atoms with Crippen molar-refractivity contribution < 1.29 is 54.9 Å². The third-order valence-corrected chi connectivity index (χ3v) is 13.3. The van der Waals surface area contributed by atoms with Crippen LogP contribution in [0, 0.1) is 4.91 Å². The van der Waals surface area contributed by atoms with E-state index in [-0.39, 0.29) is 49.7 Å². The minimum atomic E-state index is -1.89. The van der Waals surface area contributed by atoms with Gasteiger partial charge in [0.1, 0.15) is 41.9 Å². The zero-order valence-corrected chi connectivity index (χ0v) is 47.9. The zero-order chi connectivity index (χ0) is 59.2. The molecule has 12 N–H and O–H groups in total. The topological polar surface area (TPSA) is 339 Å². The smallest absolute Gasteiger partial charge is 0.341 e. The maximum absolute atomic E-state index is 13.0. The first-order valence-corrected chi connectivity index (χ1v) is 27.1. The second-order valence-corrected chi connectivity index (χ2v) is 19.7. The lowest BCUT2D eigenvalue weighted by Gasteiger charge is -2.39. The predicted molar refractivity (Wildman–Crippen MR) is 311 cm³/mol. The summed E-state index contributed by atoms with van der Waals surface area (Å²) < 4.78 is 6.86. The third-order valence-electron chi connectivity index (χ3n) is 12.7. The number of hydrogen-bond donors (Lipinski definition) is 11. The highest BCUT2D eigenvalue weighted by Gasteiger charge is 2.43. The number of aliphatic hydroxyl groups excluding tert-OH is 6. The summed E-state index contributed by atoms with van der Waals surface area (Å²) in [5.41, 5.74) is 7.42. The van der Waals surface area contributed by atoms with Crippen molar-refractivity contribution in [1.29, 1.82) is 0 Å². The van der Waals surface area contributed by atoms with Gasteiger partial charge in [-0.3, -0.25) is 9.78 Å². The molecular formula is C56H76BrClN10O12. The molecule has 22 nitrogen and oxygen atoms in total. The lowest BCUT2D eigenvalue weighted by atomic mass is 9.70. The number of rotatable bonds is 27. The number of nitroso groups, excluding NO2 is 1. The molecule has 0 bridgehead atoms. The van der Waals surface area contributed by atoms with Gasteiger partial charge in [0.15, 0.2) is 0 Å².